The third kappa shape index (κ3) is 7.09. The van der Waals surface area contributed by atoms with E-state index in [4.69, 9.17) is 10.00 Å². The van der Waals surface area contributed by atoms with Crippen molar-refractivity contribution in [1.82, 2.24) is 0 Å². The van der Waals surface area contributed by atoms with E-state index in [2.05, 4.69) is 39.9 Å². The zero-order valence-electron chi connectivity index (χ0n) is 14.5. The zero-order valence-corrected chi connectivity index (χ0v) is 15.5. The summed E-state index contributed by atoms with van der Waals surface area (Å²) in [6, 6.07) is 3.21. The molecule has 20 heavy (non-hydrogen) atoms. The smallest absolute Gasteiger partial charge is 0.306 e. The van der Waals surface area contributed by atoms with Crippen LogP contribution in [0.3, 0.4) is 0 Å². The summed E-state index contributed by atoms with van der Waals surface area (Å²) in [4.78, 5) is 12.0. The van der Waals surface area contributed by atoms with Crippen LogP contribution < -0.4 is 0 Å². The van der Waals surface area contributed by atoms with Gasteiger partial charge in [0.1, 0.15) is 5.60 Å². The van der Waals surface area contributed by atoms with Crippen molar-refractivity contribution in [3.05, 3.63) is 0 Å². The van der Waals surface area contributed by atoms with Gasteiger partial charge in [0.05, 0.1) is 14.1 Å². The predicted molar refractivity (Wildman–Crippen MR) is 86.2 cm³/mol. The van der Waals surface area contributed by atoms with E-state index in [-0.39, 0.29) is 16.9 Å². The Hall–Kier alpha value is -0.823. The minimum atomic E-state index is -1.49. The van der Waals surface area contributed by atoms with E-state index in [0.717, 1.165) is 6.04 Å². The lowest BCUT2D eigenvalue weighted by molar-refractivity contribution is -0.155. The highest BCUT2D eigenvalue weighted by molar-refractivity contribution is 6.80. The van der Waals surface area contributed by atoms with Crippen LogP contribution in [-0.2, 0) is 9.53 Å². The third-order valence-corrected chi connectivity index (χ3v) is 9.74. The Labute approximate surface area is 125 Å². The maximum absolute atomic E-state index is 12.0. The quantitative estimate of drug-likeness (QED) is 0.543. The van der Waals surface area contributed by atoms with E-state index in [9.17, 15) is 4.79 Å². The average Bonchev–Trinajstić information content (AvgIpc) is 2.11. The lowest BCUT2D eigenvalue weighted by atomic mass is 10.0. The van der Waals surface area contributed by atoms with Crippen LogP contribution in [0, 0.1) is 17.2 Å². The summed E-state index contributed by atoms with van der Waals surface area (Å²) in [6.07, 6.45) is 0.795. The number of hydrogen-bond donors (Lipinski definition) is 0. The van der Waals surface area contributed by atoms with Crippen molar-refractivity contribution >= 4 is 14.0 Å². The van der Waals surface area contributed by atoms with Gasteiger partial charge in [0.25, 0.3) is 0 Å². The average molecular weight is 298 g/mol. The van der Waals surface area contributed by atoms with Gasteiger partial charge in [-0.25, -0.2) is 0 Å². The van der Waals surface area contributed by atoms with E-state index in [1.807, 2.05) is 20.8 Å². The number of esters is 1. The fourth-order valence-corrected chi connectivity index (χ4v) is 4.34. The highest BCUT2D eigenvalue weighted by atomic mass is 28.3. The fraction of sp³-hybridized carbons (Fsp3) is 0.875. The summed E-state index contributed by atoms with van der Waals surface area (Å²) in [5.41, 5.74) is -0.453. The fourth-order valence-electron chi connectivity index (χ4n) is 1.99. The SMILES string of the molecule is CC(C)(C)OC(=O)C[C@@H](CC#N)C[Si](C)(C)C(C)(C)C. The highest BCUT2D eigenvalue weighted by Crippen LogP contribution is 2.41. The largest absolute Gasteiger partial charge is 0.460 e. The van der Waals surface area contributed by atoms with E-state index in [0.29, 0.717) is 12.8 Å². The molecule has 0 aliphatic heterocycles. The Balaban J connectivity index is 4.76. The van der Waals surface area contributed by atoms with Crippen molar-refractivity contribution in [2.45, 2.75) is 84.2 Å². The molecule has 1 atom stereocenters. The van der Waals surface area contributed by atoms with Crippen LogP contribution in [0.4, 0.5) is 0 Å². The molecule has 0 aliphatic rings. The van der Waals surface area contributed by atoms with Gasteiger partial charge in [-0.05, 0) is 31.7 Å². The molecule has 0 aromatic carbocycles. The summed E-state index contributed by atoms with van der Waals surface area (Å²) in [5, 5.41) is 9.27. The van der Waals surface area contributed by atoms with Gasteiger partial charge in [0.2, 0.25) is 0 Å². The summed E-state index contributed by atoms with van der Waals surface area (Å²) in [6.45, 7) is 17.1. The first-order chi connectivity index (χ1) is 8.78. The molecule has 0 saturated carbocycles. The Kier molecular flexibility index (Phi) is 6.48. The van der Waals surface area contributed by atoms with E-state index in [1.54, 1.807) is 0 Å². The molecule has 0 fully saturated rings. The maximum atomic E-state index is 12.0. The first-order valence-corrected chi connectivity index (χ1v) is 10.6. The standard InChI is InChI=1S/C16H31NO2Si/c1-15(2,3)19-14(18)11-13(9-10-17)12-20(7,8)16(4,5)6/h13H,9,11-12H2,1-8H3/t13-/m1/s1. The van der Waals surface area contributed by atoms with Gasteiger partial charge in [0, 0.05) is 12.8 Å². The molecule has 0 aliphatic carbocycles. The van der Waals surface area contributed by atoms with Gasteiger partial charge in [0.15, 0.2) is 0 Å². The van der Waals surface area contributed by atoms with Crippen LogP contribution in [0.1, 0.15) is 54.4 Å². The topological polar surface area (TPSA) is 50.1 Å². The second kappa shape index (κ2) is 6.75. The number of hydrogen-bond acceptors (Lipinski definition) is 3. The maximum Gasteiger partial charge on any atom is 0.306 e. The number of rotatable bonds is 5. The van der Waals surface area contributed by atoms with E-state index >= 15 is 0 Å². The second-order valence-electron chi connectivity index (χ2n) is 8.36. The summed E-state index contributed by atoms with van der Waals surface area (Å²) in [7, 11) is -1.49. The second-order valence-corrected chi connectivity index (χ2v) is 14.0. The Morgan fingerprint density at radius 3 is 2.05 bits per heavy atom. The predicted octanol–water partition coefficient (Wildman–Crippen LogP) is 4.76. The Morgan fingerprint density at radius 1 is 1.20 bits per heavy atom. The van der Waals surface area contributed by atoms with Gasteiger partial charge in [-0.3, -0.25) is 4.79 Å². The first kappa shape index (κ1) is 19.2. The molecule has 0 spiro atoms. The van der Waals surface area contributed by atoms with Gasteiger partial charge in [-0.1, -0.05) is 39.9 Å². The molecule has 116 valence electrons. The molecule has 3 nitrogen and oxygen atoms in total. The molecule has 0 bridgehead atoms. The van der Waals surface area contributed by atoms with Crippen LogP contribution in [0.25, 0.3) is 0 Å². The van der Waals surface area contributed by atoms with E-state index < -0.39 is 13.7 Å². The van der Waals surface area contributed by atoms with Crippen LogP contribution in [0.5, 0.6) is 0 Å². The lowest BCUT2D eigenvalue weighted by Gasteiger charge is -2.39. The van der Waals surface area contributed by atoms with Gasteiger partial charge in [-0.2, -0.15) is 5.26 Å². The van der Waals surface area contributed by atoms with Crippen LogP contribution in [0.15, 0.2) is 0 Å². The number of nitrogens with zero attached hydrogens (tertiary/aromatic N) is 1. The van der Waals surface area contributed by atoms with Crippen molar-refractivity contribution in [3.63, 3.8) is 0 Å². The molecular formula is C16H31NO2Si. The van der Waals surface area contributed by atoms with Crippen molar-refractivity contribution in [3.8, 4) is 6.07 Å². The molecular weight excluding hydrogens is 266 g/mol. The monoisotopic (exact) mass is 297 g/mol. The lowest BCUT2D eigenvalue weighted by Crippen LogP contribution is -2.39. The summed E-state index contributed by atoms with van der Waals surface area (Å²) in [5.74, 6) is -0.0628. The highest BCUT2D eigenvalue weighted by Gasteiger charge is 2.37. The normalized spacial score (nSPS) is 14.6. The van der Waals surface area contributed by atoms with Crippen molar-refractivity contribution in [1.29, 1.82) is 5.26 Å². The van der Waals surface area contributed by atoms with E-state index in [1.165, 1.54) is 0 Å². The minimum absolute atomic E-state index is 0.121. The number of carbonyl (C=O) groups is 1. The minimum Gasteiger partial charge on any atom is -0.460 e. The molecule has 0 amide bonds. The molecule has 0 aromatic rings. The zero-order chi connectivity index (χ0) is 16.2. The molecule has 0 N–H and O–H groups in total. The van der Waals surface area contributed by atoms with Crippen LogP contribution in [-0.4, -0.2) is 19.6 Å². The molecule has 0 radical (unpaired) electrons. The Bertz CT molecular complexity index is 369. The number of ether oxygens (including phenoxy) is 1. The molecule has 4 heteroatoms. The first-order valence-electron chi connectivity index (χ1n) is 7.37. The molecule has 0 saturated heterocycles. The Morgan fingerprint density at radius 2 is 1.70 bits per heavy atom. The summed E-state index contributed by atoms with van der Waals surface area (Å²) < 4.78 is 5.38. The number of nitriles is 1. The van der Waals surface area contributed by atoms with Gasteiger partial charge >= 0.3 is 5.97 Å². The van der Waals surface area contributed by atoms with Crippen molar-refractivity contribution in [2.75, 3.05) is 0 Å². The molecule has 0 heterocycles. The molecule has 0 unspecified atom stereocenters. The van der Waals surface area contributed by atoms with Gasteiger partial charge in [-0.15, -0.1) is 0 Å². The third-order valence-electron chi connectivity index (χ3n) is 4.08. The van der Waals surface area contributed by atoms with Crippen LogP contribution in [0.2, 0.25) is 24.2 Å². The van der Waals surface area contributed by atoms with Crippen LogP contribution >= 0.6 is 0 Å². The molecule has 0 aromatic heterocycles. The number of carbonyl (C=O) groups excluding carboxylic acids is 1. The molecule has 0 rings (SSSR count). The summed E-state index contributed by atoms with van der Waals surface area (Å²) >= 11 is 0. The van der Waals surface area contributed by atoms with Gasteiger partial charge < -0.3 is 4.74 Å². The van der Waals surface area contributed by atoms with Crippen molar-refractivity contribution in [2.24, 2.45) is 5.92 Å². The van der Waals surface area contributed by atoms with Crippen molar-refractivity contribution < 1.29 is 9.53 Å².